The van der Waals surface area contributed by atoms with Crippen molar-refractivity contribution in [1.82, 2.24) is 0 Å². The van der Waals surface area contributed by atoms with Gasteiger partial charge in [0.25, 0.3) is 0 Å². The van der Waals surface area contributed by atoms with Crippen molar-refractivity contribution in [3.05, 3.63) is 29.6 Å². The number of nitrogen functional groups attached to an aromatic ring is 1. The molecule has 0 aliphatic carbocycles. The van der Waals surface area contributed by atoms with Gasteiger partial charge in [0.05, 0.1) is 6.61 Å². The van der Waals surface area contributed by atoms with Crippen LogP contribution in [0.4, 0.5) is 10.1 Å². The Morgan fingerprint density at radius 2 is 2.13 bits per heavy atom. The van der Waals surface area contributed by atoms with Gasteiger partial charge in [-0.15, -0.1) is 0 Å². The van der Waals surface area contributed by atoms with Crippen LogP contribution in [-0.4, -0.2) is 6.61 Å². The minimum atomic E-state index is -0.287. The molecule has 1 rings (SSSR count). The Kier molecular flexibility index (Phi) is 5.12. The Morgan fingerprint density at radius 3 is 2.80 bits per heavy atom. The molecule has 0 heterocycles. The van der Waals surface area contributed by atoms with Gasteiger partial charge in [0.1, 0.15) is 5.82 Å². The summed E-state index contributed by atoms with van der Waals surface area (Å²) in [5.74, 6) is -0.287. The highest BCUT2D eigenvalue weighted by atomic mass is 19.1. The first-order chi connectivity index (χ1) is 7.25. The first-order valence-corrected chi connectivity index (χ1v) is 5.36. The Labute approximate surface area is 90.2 Å². The molecule has 3 heteroatoms. The predicted octanol–water partition coefficient (Wildman–Crippen LogP) is 3.11. The summed E-state index contributed by atoms with van der Waals surface area (Å²) in [6.45, 7) is 3.07. The Morgan fingerprint density at radius 1 is 1.33 bits per heavy atom. The van der Waals surface area contributed by atoms with Crippen molar-refractivity contribution in [2.75, 3.05) is 12.3 Å². The Balaban J connectivity index is 2.37. The molecule has 0 radical (unpaired) electrons. The SMILES string of the molecule is CCCCCOCc1c(N)cccc1F. The summed E-state index contributed by atoms with van der Waals surface area (Å²) in [7, 11) is 0. The van der Waals surface area contributed by atoms with Gasteiger partial charge < -0.3 is 10.5 Å². The number of unbranched alkanes of at least 4 members (excludes halogenated alkanes) is 2. The molecule has 1 aromatic rings. The fraction of sp³-hybridized carbons (Fsp3) is 0.500. The molecule has 0 aliphatic heterocycles. The molecule has 0 saturated heterocycles. The van der Waals surface area contributed by atoms with Gasteiger partial charge in [0.2, 0.25) is 0 Å². The number of benzene rings is 1. The molecule has 2 nitrogen and oxygen atoms in total. The van der Waals surface area contributed by atoms with E-state index < -0.39 is 0 Å². The summed E-state index contributed by atoms with van der Waals surface area (Å²) in [5.41, 5.74) is 6.57. The van der Waals surface area contributed by atoms with Crippen molar-refractivity contribution < 1.29 is 9.13 Å². The third-order valence-electron chi connectivity index (χ3n) is 2.29. The average Bonchev–Trinajstić information content (AvgIpc) is 2.21. The van der Waals surface area contributed by atoms with E-state index in [0.717, 1.165) is 19.3 Å². The largest absolute Gasteiger partial charge is 0.398 e. The van der Waals surface area contributed by atoms with Gasteiger partial charge in [-0.05, 0) is 18.6 Å². The monoisotopic (exact) mass is 211 g/mol. The lowest BCUT2D eigenvalue weighted by Crippen LogP contribution is -2.02. The van der Waals surface area contributed by atoms with Crippen molar-refractivity contribution in [2.24, 2.45) is 0 Å². The summed E-state index contributed by atoms with van der Waals surface area (Å²) >= 11 is 0. The van der Waals surface area contributed by atoms with E-state index in [1.807, 2.05) is 0 Å². The van der Waals surface area contributed by atoms with Crippen LogP contribution in [0.3, 0.4) is 0 Å². The van der Waals surface area contributed by atoms with E-state index in [1.165, 1.54) is 6.07 Å². The summed E-state index contributed by atoms with van der Waals surface area (Å²) in [6.07, 6.45) is 3.32. The summed E-state index contributed by atoms with van der Waals surface area (Å²) in [4.78, 5) is 0. The van der Waals surface area contributed by atoms with Crippen LogP contribution in [0.15, 0.2) is 18.2 Å². The fourth-order valence-electron chi connectivity index (χ4n) is 1.36. The molecular formula is C12H18FNO. The van der Waals surface area contributed by atoms with Gasteiger partial charge in [-0.3, -0.25) is 0 Å². The molecule has 0 aromatic heterocycles. The van der Waals surface area contributed by atoms with Crippen LogP contribution in [0.1, 0.15) is 31.7 Å². The smallest absolute Gasteiger partial charge is 0.130 e. The molecule has 15 heavy (non-hydrogen) atoms. The van der Waals surface area contributed by atoms with Crippen molar-refractivity contribution in [3.63, 3.8) is 0 Å². The molecule has 0 bridgehead atoms. The summed E-state index contributed by atoms with van der Waals surface area (Å²) in [5, 5.41) is 0. The maximum atomic E-state index is 13.3. The van der Waals surface area contributed by atoms with Crippen molar-refractivity contribution >= 4 is 5.69 Å². The van der Waals surface area contributed by atoms with E-state index >= 15 is 0 Å². The maximum Gasteiger partial charge on any atom is 0.130 e. The molecule has 0 fully saturated rings. The molecule has 0 unspecified atom stereocenters. The highest BCUT2D eigenvalue weighted by molar-refractivity contribution is 5.46. The number of nitrogens with two attached hydrogens (primary N) is 1. The number of halogens is 1. The van der Waals surface area contributed by atoms with Gasteiger partial charge in [-0.1, -0.05) is 25.8 Å². The zero-order valence-corrected chi connectivity index (χ0v) is 9.13. The van der Waals surface area contributed by atoms with Gasteiger partial charge in [0, 0.05) is 17.9 Å². The molecule has 0 saturated carbocycles. The third kappa shape index (κ3) is 3.88. The molecule has 0 aliphatic rings. The van der Waals surface area contributed by atoms with E-state index in [-0.39, 0.29) is 12.4 Å². The number of anilines is 1. The van der Waals surface area contributed by atoms with Crippen LogP contribution in [0, 0.1) is 5.82 Å². The zero-order chi connectivity index (χ0) is 11.1. The average molecular weight is 211 g/mol. The summed E-state index contributed by atoms with van der Waals surface area (Å²) < 4.78 is 18.6. The normalized spacial score (nSPS) is 10.5. The molecule has 0 amide bonds. The quantitative estimate of drug-likeness (QED) is 0.579. The second-order valence-corrected chi connectivity index (χ2v) is 3.57. The lowest BCUT2D eigenvalue weighted by Gasteiger charge is -2.07. The maximum absolute atomic E-state index is 13.3. The lowest BCUT2D eigenvalue weighted by atomic mass is 10.2. The van der Waals surface area contributed by atoms with E-state index in [4.69, 9.17) is 10.5 Å². The van der Waals surface area contributed by atoms with Crippen molar-refractivity contribution in [1.29, 1.82) is 0 Å². The van der Waals surface area contributed by atoms with Gasteiger partial charge >= 0.3 is 0 Å². The first-order valence-electron chi connectivity index (χ1n) is 5.36. The molecular weight excluding hydrogens is 193 g/mol. The molecule has 2 N–H and O–H groups in total. The molecule has 0 atom stereocenters. The first kappa shape index (κ1) is 12.0. The highest BCUT2D eigenvalue weighted by Crippen LogP contribution is 2.16. The number of ether oxygens (including phenoxy) is 1. The zero-order valence-electron chi connectivity index (χ0n) is 9.13. The number of hydrogen-bond acceptors (Lipinski definition) is 2. The number of hydrogen-bond donors (Lipinski definition) is 1. The second-order valence-electron chi connectivity index (χ2n) is 3.57. The van der Waals surface area contributed by atoms with Crippen LogP contribution in [0.25, 0.3) is 0 Å². The van der Waals surface area contributed by atoms with Crippen molar-refractivity contribution in [3.8, 4) is 0 Å². The lowest BCUT2D eigenvalue weighted by molar-refractivity contribution is 0.115. The summed E-state index contributed by atoms with van der Waals surface area (Å²) in [6, 6.07) is 4.69. The Bertz CT molecular complexity index is 281. The predicted molar refractivity (Wildman–Crippen MR) is 60.0 cm³/mol. The van der Waals surface area contributed by atoms with E-state index in [9.17, 15) is 4.39 Å². The number of rotatable bonds is 6. The minimum absolute atomic E-state index is 0.266. The fourth-order valence-corrected chi connectivity index (χ4v) is 1.36. The minimum Gasteiger partial charge on any atom is -0.398 e. The van der Waals surface area contributed by atoms with Crippen LogP contribution in [0.5, 0.6) is 0 Å². The second kappa shape index (κ2) is 6.40. The molecule has 0 spiro atoms. The van der Waals surface area contributed by atoms with Crippen LogP contribution >= 0.6 is 0 Å². The van der Waals surface area contributed by atoms with Crippen LogP contribution < -0.4 is 5.73 Å². The highest BCUT2D eigenvalue weighted by Gasteiger charge is 2.05. The van der Waals surface area contributed by atoms with Gasteiger partial charge in [-0.25, -0.2) is 4.39 Å². The van der Waals surface area contributed by atoms with Crippen LogP contribution in [-0.2, 0) is 11.3 Å². The topological polar surface area (TPSA) is 35.2 Å². The third-order valence-corrected chi connectivity index (χ3v) is 2.29. The Hall–Kier alpha value is -1.09. The van der Waals surface area contributed by atoms with E-state index in [2.05, 4.69) is 6.92 Å². The van der Waals surface area contributed by atoms with Crippen LogP contribution in [0.2, 0.25) is 0 Å². The molecule has 84 valence electrons. The van der Waals surface area contributed by atoms with E-state index in [0.29, 0.717) is 17.9 Å². The molecule has 1 aromatic carbocycles. The van der Waals surface area contributed by atoms with Crippen molar-refractivity contribution in [2.45, 2.75) is 32.8 Å². The van der Waals surface area contributed by atoms with Gasteiger partial charge in [-0.2, -0.15) is 0 Å². The standard InChI is InChI=1S/C12H18FNO/c1-2-3-4-8-15-9-10-11(13)6-5-7-12(10)14/h5-7H,2-4,8-9,14H2,1H3. The van der Waals surface area contributed by atoms with E-state index in [1.54, 1.807) is 12.1 Å². The van der Waals surface area contributed by atoms with Gasteiger partial charge in [0.15, 0.2) is 0 Å².